The fourth-order valence-electron chi connectivity index (χ4n) is 0.951. The second-order valence-corrected chi connectivity index (χ2v) is 2.50. The molecule has 0 saturated heterocycles. The van der Waals surface area contributed by atoms with Crippen LogP contribution in [0, 0.1) is 0 Å². The van der Waals surface area contributed by atoms with Gasteiger partial charge < -0.3 is 21.7 Å². The molecule has 1 aliphatic rings. The molecule has 0 aromatic carbocycles. The van der Waals surface area contributed by atoms with E-state index in [2.05, 4.69) is 16.0 Å². The number of carbonyl (C=O) groups excluding carboxylic acids is 1. The largest absolute Gasteiger partial charge is 0.320 e. The molecule has 1 unspecified atom stereocenters. The summed E-state index contributed by atoms with van der Waals surface area (Å²) >= 11 is 0. The van der Waals surface area contributed by atoms with E-state index in [1.807, 2.05) is 0 Å². The smallest absolute Gasteiger partial charge is 0.316 e. The lowest BCUT2D eigenvalue weighted by atomic mass is 10.1. The Labute approximate surface area is 65.0 Å². The third kappa shape index (κ3) is 1.92. The van der Waals surface area contributed by atoms with E-state index in [1.54, 1.807) is 13.1 Å². The van der Waals surface area contributed by atoms with Gasteiger partial charge in [0.05, 0.1) is 0 Å². The Hall–Kier alpha value is -1.07. The number of nitrogens with two attached hydrogens (primary N) is 1. The zero-order valence-electron chi connectivity index (χ0n) is 6.35. The highest BCUT2D eigenvalue weighted by Crippen LogP contribution is 1.99. The van der Waals surface area contributed by atoms with Crippen LogP contribution in [-0.2, 0) is 0 Å². The van der Waals surface area contributed by atoms with Crippen LogP contribution in [0.15, 0.2) is 12.3 Å². The van der Waals surface area contributed by atoms with E-state index in [1.165, 1.54) is 6.20 Å². The molecule has 0 radical (unpaired) electrons. The first-order valence-corrected chi connectivity index (χ1v) is 3.36. The summed E-state index contributed by atoms with van der Waals surface area (Å²) in [5.74, 6) is 0. The highest BCUT2D eigenvalue weighted by molar-refractivity contribution is 5.77. The van der Waals surface area contributed by atoms with Crippen LogP contribution in [0.4, 0.5) is 4.79 Å². The highest BCUT2D eigenvalue weighted by atomic mass is 16.2. The van der Waals surface area contributed by atoms with Gasteiger partial charge in [0.2, 0.25) is 0 Å². The summed E-state index contributed by atoms with van der Waals surface area (Å²) in [5, 5.41) is 7.91. The molecular weight excluding hydrogens is 144 g/mol. The molecule has 1 aliphatic heterocycles. The maximum absolute atomic E-state index is 10.8. The van der Waals surface area contributed by atoms with Crippen LogP contribution < -0.4 is 21.7 Å². The fourth-order valence-corrected chi connectivity index (χ4v) is 0.951. The fraction of sp³-hybridized carbons (Fsp3) is 0.500. The minimum Gasteiger partial charge on any atom is -0.316 e. The number of rotatable bonds is 2. The molecule has 1 atom stereocenters. The van der Waals surface area contributed by atoms with Crippen LogP contribution in [0.1, 0.15) is 0 Å². The maximum atomic E-state index is 10.8. The van der Waals surface area contributed by atoms with Gasteiger partial charge in [-0.15, -0.1) is 0 Å². The summed E-state index contributed by atoms with van der Waals surface area (Å²) in [7, 11) is 1.77. The van der Waals surface area contributed by atoms with Gasteiger partial charge in [0.15, 0.2) is 0 Å². The van der Waals surface area contributed by atoms with E-state index in [-0.39, 0.29) is 6.03 Å². The molecule has 0 saturated carbocycles. The molecule has 0 spiro atoms. The lowest BCUT2D eigenvalue weighted by molar-refractivity contribution is 0.231. The molecule has 0 aromatic rings. The third-order valence-corrected chi connectivity index (χ3v) is 1.41. The van der Waals surface area contributed by atoms with Crippen LogP contribution >= 0.6 is 0 Å². The van der Waals surface area contributed by atoms with Crippen molar-refractivity contribution in [1.29, 1.82) is 0 Å². The SMILES string of the molecule is CNCC1(N)C=CNC(=O)N1. The normalized spacial score (nSPS) is 29.5. The predicted octanol–water partition coefficient (Wildman–Crippen LogP) is -1.31. The molecule has 1 rings (SSSR count). The van der Waals surface area contributed by atoms with Crippen LogP contribution in [0.2, 0.25) is 0 Å². The topological polar surface area (TPSA) is 79.2 Å². The summed E-state index contributed by atoms with van der Waals surface area (Å²) in [6.07, 6.45) is 3.24. The van der Waals surface area contributed by atoms with E-state index in [4.69, 9.17) is 5.73 Å². The molecule has 0 aromatic heterocycles. The Morgan fingerprint density at radius 2 is 2.55 bits per heavy atom. The number of nitrogens with one attached hydrogen (secondary N) is 3. The zero-order chi connectivity index (χ0) is 8.32. The minimum absolute atomic E-state index is 0.273. The van der Waals surface area contributed by atoms with Gasteiger partial charge in [-0.1, -0.05) is 0 Å². The monoisotopic (exact) mass is 156 g/mol. The van der Waals surface area contributed by atoms with Crippen molar-refractivity contribution < 1.29 is 4.79 Å². The Kier molecular flexibility index (Phi) is 2.11. The lowest BCUT2D eigenvalue weighted by Gasteiger charge is -2.29. The zero-order valence-corrected chi connectivity index (χ0v) is 6.35. The van der Waals surface area contributed by atoms with Crippen LogP contribution in [0.5, 0.6) is 0 Å². The Morgan fingerprint density at radius 3 is 3.09 bits per heavy atom. The van der Waals surface area contributed by atoms with Crippen molar-refractivity contribution in [1.82, 2.24) is 16.0 Å². The van der Waals surface area contributed by atoms with Gasteiger partial charge >= 0.3 is 6.03 Å². The number of hydrogen-bond donors (Lipinski definition) is 4. The van der Waals surface area contributed by atoms with Crippen LogP contribution in [0.3, 0.4) is 0 Å². The Morgan fingerprint density at radius 1 is 1.82 bits per heavy atom. The second kappa shape index (κ2) is 2.89. The summed E-state index contributed by atoms with van der Waals surface area (Å²) in [4.78, 5) is 10.8. The first kappa shape index (κ1) is 8.03. The summed E-state index contributed by atoms with van der Waals surface area (Å²) in [5.41, 5.74) is 4.99. The molecule has 1 heterocycles. The number of hydrogen-bond acceptors (Lipinski definition) is 3. The Balaban J connectivity index is 2.62. The van der Waals surface area contributed by atoms with Gasteiger partial charge in [-0.25, -0.2) is 4.79 Å². The standard InChI is InChI=1S/C6H12N4O/c1-8-4-6(7)2-3-9-5(11)10-6/h2-3,8H,4,7H2,1H3,(H2,9,10,11). The van der Waals surface area contributed by atoms with Crippen molar-refractivity contribution in [2.75, 3.05) is 13.6 Å². The van der Waals surface area contributed by atoms with E-state index in [0.29, 0.717) is 6.54 Å². The summed E-state index contributed by atoms with van der Waals surface area (Å²) in [6, 6.07) is -0.273. The Bertz CT molecular complexity index is 191. The van der Waals surface area contributed by atoms with Gasteiger partial charge in [-0.05, 0) is 13.1 Å². The molecular formula is C6H12N4O. The number of likely N-dealkylation sites (N-methyl/N-ethyl adjacent to an activating group) is 1. The minimum atomic E-state index is -0.753. The molecule has 5 heteroatoms. The number of urea groups is 1. The van der Waals surface area contributed by atoms with E-state index < -0.39 is 5.66 Å². The van der Waals surface area contributed by atoms with E-state index in [9.17, 15) is 4.79 Å². The first-order chi connectivity index (χ1) is 5.16. The van der Waals surface area contributed by atoms with Crippen molar-refractivity contribution in [3.05, 3.63) is 12.3 Å². The number of amides is 2. The third-order valence-electron chi connectivity index (χ3n) is 1.41. The van der Waals surface area contributed by atoms with Crippen molar-refractivity contribution in [3.8, 4) is 0 Å². The van der Waals surface area contributed by atoms with Gasteiger partial charge in [0.25, 0.3) is 0 Å². The molecule has 0 aliphatic carbocycles. The quantitative estimate of drug-likeness (QED) is 0.400. The van der Waals surface area contributed by atoms with E-state index in [0.717, 1.165) is 0 Å². The average Bonchev–Trinajstić information content (AvgIpc) is 1.86. The molecule has 0 fully saturated rings. The molecule has 62 valence electrons. The van der Waals surface area contributed by atoms with Gasteiger partial charge in [-0.3, -0.25) is 0 Å². The summed E-state index contributed by atoms with van der Waals surface area (Å²) in [6.45, 7) is 0.511. The van der Waals surface area contributed by atoms with Crippen molar-refractivity contribution >= 4 is 6.03 Å². The number of carbonyl (C=O) groups is 1. The van der Waals surface area contributed by atoms with Crippen molar-refractivity contribution in [2.24, 2.45) is 5.73 Å². The predicted molar refractivity (Wildman–Crippen MR) is 41.7 cm³/mol. The van der Waals surface area contributed by atoms with Crippen LogP contribution in [0.25, 0.3) is 0 Å². The second-order valence-electron chi connectivity index (χ2n) is 2.50. The molecule has 5 nitrogen and oxygen atoms in total. The molecule has 11 heavy (non-hydrogen) atoms. The van der Waals surface area contributed by atoms with Gasteiger partial charge in [0, 0.05) is 12.7 Å². The molecule has 2 amide bonds. The summed E-state index contributed by atoms with van der Waals surface area (Å²) < 4.78 is 0. The average molecular weight is 156 g/mol. The maximum Gasteiger partial charge on any atom is 0.320 e. The van der Waals surface area contributed by atoms with Gasteiger partial charge in [0.1, 0.15) is 5.66 Å². The first-order valence-electron chi connectivity index (χ1n) is 3.36. The molecule has 0 bridgehead atoms. The van der Waals surface area contributed by atoms with E-state index >= 15 is 0 Å². The van der Waals surface area contributed by atoms with Crippen molar-refractivity contribution in [2.45, 2.75) is 5.66 Å². The lowest BCUT2D eigenvalue weighted by Crippen LogP contribution is -2.63. The van der Waals surface area contributed by atoms with Gasteiger partial charge in [-0.2, -0.15) is 0 Å². The highest BCUT2D eigenvalue weighted by Gasteiger charge is 2.25. The van der Waals surface area contributed by atoms with Crippen LogP contribution in [-0.4, -0.2) is 25.3 Å². The van der Waals surface area contributed by atoms with Crippen molar-refractivity contribution in [3.63, 3.8) is 0 Å². The molecule has 5 N–H and O–H groups in total.